The van der Waals surface area contributed by atoms with Crippen LogP contribution in [0, 0.1) is 0 Å². The highest BCUT2D eigenvalue weighted by molar-refractivity contribution is 5.89. The Bertz CT molecular complexity index is 669. The Labute approximate surface area is 137 Å². The fraction of sp³-hybridized carbons (Fsp3) is 0.250. The number of ether oxygens (including phenoxy) is 2. The minimum absolute atomic E-state index is 0.151. The van der Waals surface area contributed by atoms with E-state index in [1.807, 2.05) is 12.1 Å². The third-order valence-corrected chi connectivity index (χ3v) is 3.06. The summed E-state index contributed by atoms with van der Waals surface area (Å²) >= 11 is 0. The molecule has 24 heavy (non-hydrogen) atoms. The Morgan fingerprint density at radius 1 is 1.29 bits per heavy atom. The number of rotatable bonds is 7. The molecule has 8 heteroatoms. The highest BCUT2D eigenvalue weighted by Gasteiger charge is 2.12. The number of carbonyl (C=O) groups excluding carboxylic acids is 1. The number of hydrogen-bond donors (Lipinski definition) is 2. The number of amides is 2. The van der Waals surface area contributed by atoms with Crippen LogP contribution in [0.2, 0.25) is 0 Å². The first-order valence-electron chi connectivity index (χ1n) is 7.15. The second-order valence-corrected chi connectivity index (χ2v) is 4.74. The molecule has 0 unspecified atom stereocenters. The molecule has 0 radical (unpaired) electrons. The van der Waals surface area contributed by atoms with E-state index in [1.165, 1.54) is 25.3 Å². The molecule has 1 heterocycles. The van der Waals surface area contributed by atoms with Crippen LogP contribution in [0.4, 0.5) is 19.3 Å². The molecule has 0 aliphatic rings. The van der Waals surface area contributed by atoms with Crippen molar-refractivity contribution < 1.29 is 23.0 Å². The van der Waals surface area contributed by atoms with Crippen LogP contribution in [0.3, 0.4) is 0 Å². The number of urea groups is 1. The molecule has 1 aromatic heterocycles. The van der Waals surface area contributed by atoms with Crippen LogP contribution in [0.25, 0.3) is 0 Å². The lowest BCUT2D eigenvalue weighted by atomic mass is 10.2. The maximum Gasteiger partial charge on any atom is 0.387 e. The van der Waals surface area contributed by atoms with E-state index in [0.717, 1.165) is 5.56 Å². The zero-order valence-electron chi connectivity index (χ0n) is 13.0. The van der Waals surface area contributed by atoms with Gasteiger partial charge in [0, 0.05) is 30.7 Å². The number of carbonyl (C=O) groups is 1. The van der Waals surface area contributed by atoms with Gasteiger partial charge in [-0.25, -0.2) is 4.79 Å². The van der Waals surface area contributed by atoms with Crippen LogP contribution in [0.5, 0.6) is 11.5 Å². The van der Waals surface area contributed by atoms with Gasteiger partial charge in [0.15, 0.2) is 11.5 Å². The quantitative estimate of drug-likeness (QED) is 0.814. The summed E-state index contributed by atoms with van der Waals surface area (Å²) in [4.78, 5) is 15.8. The molecule has 2 rings (SSSR count). The standard InChI is InChI=1S/C16H17F2N3O3/c1-23-13-5-4-12(9-14(13)24-15(17)18)21-16(22)20-8-6-11-3-2-7-19-10-11/h2-5,7,9-10,15H,6,8H2,1H3,(H2,20,21,22). The van der Waals surface area contributed by atoms with E-state index in [9.17, 15) is 13.6 Å². The highest BCUT2D eigenvalue weighted by Crippen LogP contribution is 2.31. The van der Waals surface area contributed by atoms with Crippen LogP contribution >= 0.6 is 0 Å². The van der Waals surface area contributed by atoms with Gasteiger partial charge in [0.2, 0.25) is 0 Å². The normalized spacial score (nSPS) is 10.3. The first-order chi connectivity index (χ1) is 11.6. The third kappa shape index (κ3) is 5.38. The summed E-state index contributed by atoms with van der Waals surface area (Å²) < 4.78 is 34.0. The molecule has 2 amide bonds. The number of anilines is 1. The monoisotopic (exact) mass is 337 g/mol. The predicted molar refractivity (Wildman–Crippen MR) is 84.6 cm³/mol. The first-order valence-corrected chi connectivity index (χ1v) is 7.15. The van der Waals surface area contributed by atoms with E-state index in [1.54, 1.807) is 12.4 Å². The van der Waals surface area contributed by atoms with Crippen LogP contribution in [0.15, 0.2) is 42.7 Å². The van der Waals surface area contributed by atoms with Crippen LogP contribution < -0.4 is 20.1 Å². The molecule has 1 aromatic carbocycles. The van der Waals surface area contributed by atoms with E-state index in [4.69, 9.17) is 4.74 Å². The highest BCUT2D eigenvalue weighted by atomic mass is 19.3. The summed E-state index contributed by atoms with van der Waals surface area (Å²) in [6, 6.07) is 7.50. The summed E-state index contributed by atoms with van der Waals surface area (Å²) in [5.74, 6) is -0.00139. The maximum absolute atomic E-state index is 12.4. The fourth-order valence-corrected chi connectivity index (χ4v) is 1.98. The van der Waals surface area contributed by atoms with Crippen molar-refractivity contribution in [3.8, 4) is 11.5 Å². The van der Waals surface area contributed by atoms with Crippen molar-refractivity contribution in [2.24, 2.45) is 0 Å². The van der Waals surface area contributed by atoms with E-state index in [0.29, 0.717) is 18.7 Å². The molecule has 0 fully saturated rings. The van der Waals surface area contributed by atoms with Crippen molar-refractivity contribution in [3.05, 3.63) is 48.3 Å². The van der Waals surface area contributed by atoms with Gasteiger partial charge in [-0.3, -0.25) is 4.98 Å². The minimum Gasteiger partial charge on any atom is -0.493 e. The topological polar surface area (TPSA) is 72.5 Å². The van der Waals surface area contributed by atoms with Crippen LogP contribution in [-0.2, 0) is 6.42 Å². The molecule has 0 spiro atoms. The predicted octanol–water partition coefficient (Wildman–Crippen LogP) is 3.06. The minimum atomic E-state index is -2.98. The summed E-state index contributed by atoms with van der Waals surface area (Å²) in [6.45, 7) is -2.57. The number of hydrogen-bond acceptors (Lipinski definition) is 4. The van der Waals surface area contributed by atoms with Crippen molar-refractivity contribution in [1.29, 1.82) is 0 Å². The van der Waals surface area contributed by atoms with Gasteiger partial charge in [-0.15, -0.1) is 0 Å². The smallest absolute Gasteiger partial charge is 0.387 e. The van der Waals surface area contributed by atoms with Gasteiger partial charge in [0.1, 0.15) is 0 Å². The van der Waals surface area contributed by atoms with Gasteiger partial charge in [-0.05, 0) is 30.2 Å². The molecule has 0 saturated carbocycles. The molecule has 0 aliphatic heterocycles. The van der Waals surface area contributed by atoms with Gasteiger partial charge in [0.25, 0.3) is 0 Å². The molecule has 128 valence electrons. The van der Waals surface area contributed by atoms with Crippen molar-refractivity contribution in [1.82, 2.24) is 10.3 Å². The van der Waals surface area contributed by atoms with E-state index < -0.39 is 12.6 Å². The lowest BCUT2D eigenvalue weighted by molar-refractivity contribution is -0.0511. The van der Waals surface area contributed by atoms with E-state index >= 15 is 0 Å². The van der Waals surface area contributed by atoms with Crippen molar-refractivity contribution in [2.45, 2.75) is 13.0 Å². The van der Waals surface area contributed by atoms with Gasteiger partial charge < -0.3 is 20.1 Å². The molecular weight excluding hydrogens is 320 g/mol. The number of aromatic nitrogens is 1. The number of nitrogens with one attached hydrogen (secondary N) is 2. The zero-order chi connectivity index (χ0) is 17.4. The molecule has 0 saturated heterocycles. The number of alkyl halides is 2. The average Bonchev–Trinajstić information content (AvgIpc) is 2.55. The summed E-state index contributed by atoms with van der Waals surface area (Å²) in [5, 5.41) is 5.22. The fourth-order valence-electron chi connectivity index (χ4n) is 1.98. The average molecular weight is 337 g/mol. The Balaban J connectivity index is 1.88. The zero-order valence-corrected chi connectivity index (χ0v) is 13.0. The van der Waals surface area contributed by atoms with Gasteiger partial charge >= 0.3 is 12.6 Å². The molecule has 0 aliphatic carbocycles. The summed E-state index contributed by atoms with van der Waals surface area (Å²) in [7, 11) is 1.34. The molecular formula is C16H17F2N3O3. The van der Waals surface area contributed by atoms with Crippen LogP contribution in [0.1, 0.15) is 5.56 Å². The van der Waals surface area contributed by atoms with Gasteiger partial charge in [-0.2, -0.15) is 8.78 Å². The Morgan fingerprint density at radius 2 is 2.12 bits per heavy atom. The van der Waals surface area contributed by atoms with Crippen molar-refractivity contribution in [3.63, 3.8) is 0 Å². The maximum atomic E-state index is 12.4. The Hall–Kier alpha value is -2.90. The summed E-state index contributed by atoms with van der Waals surface area (Å²) in [6.07, 6.45) is 4.02. The molecule has 2 N–H and O–H groups in total. The Kier molecular flexibility index (Phi) is 6.30. The largest absolute Gasteiger partial charge is 0.493 e. The molecule has 0 bridgehead atoms. The first kappa shape index (κ1) is 17.5. The van der Waals surface area contributed by atoms with E-state index in [2.05, 4.69) is 20.4 Å². The molecule has 0 atom stereocenters. The van der Waals surface area contributed by atoms with Gasteiger partial charge in [0.05, 0.1) is 7.11 Å². The molecule has 6 nitrogen and oxygen atoms in total. The second-order valence-electron chi connectivity index (χ2n) is 4.74. The lowest BCUT2D eigenvalue weighted by Gasteiger charge is -2.12. The Morgan fingerprint density at radius 3 is 2.79 bits per heavy atom. The van der Waals surface area contributed by atoms with Crippen LogP contribution in [-0.4, -0.2) is 31.3 Å². The van der Waals surface area contributed by atoms with Gasteiger partial charge in [-0.1, -0.05) is 6.07 Å². The lowest BCUT2D eigenvalue weighted by Crippen LogP contribution is -2.30. The molecule has 2 aromatic rings. The van der Waals surface area contributed by atoms with E-state index in [-0.39, 0.29) is 11.5 Å². The number of halogens is 2. The SMILES string of the molecule is COc1ccc(NC(=O)NCCc2cccnc2)cc1OC(F)F. The number of benzene rings is 1. The summed E-state index contributed by atoms with van der Waals surface area (Å²) in [5.41, 5.74) is 1.31. The number of methoxy groups -OCH3 is 1. The third-order valence-electron chi connectivity index (χ3n) is 3.06. The van der Waals surface area contributed by atoms with Crippen molar-refractivity contribution in [2.75, 3.05) is 19.0 Å². The van der Waals surface area contributed by atoms with Crippen molar-refractivity contribution >= 4 is 11.7 Å². The number of nitrogens with zero attached hydrogens (tertiary/aromatic N) is 1. The second kappa shape index (κ2) is 8.66. The number of pyridine rings is 1.